The van der Waals surface area contributed by atoms with Crippen LogP contribution in [-0.4, -0.2) is 0 Å². The largest absolute Gasteiger partial charge is 0.0772 e. The fourth-order valence-corrected chi connectivity index (χ4v) is 1.75. The van der Waals surface area contributed by atoms with E-state index < -0.39 is 0 Å². The van der Waals surface area contributed by atoms with Crippen molar-refractivity contribution in [2.24, 2.45) is 5.92 Å². The Bertz CT molecular complexity index is 194. The molecule has 0 aromatic rings. The SMILES string of the molecule is CCCC1=CC(CC(C)C)=CC1. The average Bonchev–Trinajstić information content (AvgIpc) is 2.36. The lowest BCUT2D eigenvalue weighted by Crippen LogP contribution is -1.86. The maximum absolute atomic E-state index is 2.41. The van der Waals surface area contributed by atoms with E-state index in [1.165, 1.54) is 25.7 Å². The first-order valence-corrected chi connectivity index (χ1v) is 5.10. The van der Waals surface area contributed by atoms with Crippen LogP contribution in [0.4, 0.5) is 0 Å². The third kappa shape index (κ3) is 2.84. The highest BCUT2D eigenvalue weighted by molar-refractivity contribution is 5.32. The van der Waals surface area contributed by atoms with E-state index >= 15 is 0 Å². The summed E-state index contributed by atoms with van der Waals surface area (Å²) in [6.07, 6.45) is 9.85. The second-order valence-electron chi connectivity index (χ2n) is 4.13. The number of hydrogen-bond donors (Lipinski definition) is 0. The van der Waals surface area contributed by atoms with E-state index in [4.69, 9.17) is 0 Å². The predicted molar refractivity (Wildman–Crippen MR) is 55.1 cm³/mol. The summed E-state index contributed by atoms with van der Waals surface area (Å²) in [4.78, 5) is 0. The third-order valence-electron chi connectivity index (χ3n) is 2.23. The van der Waals surface area contributed by atoms with Gasteiger partial charge in [0.25, 0.3) is 0 Å². The van der Waals surface area contributed by atoms with Crippen molar-refractivity contribution < 1.29 is 0 Å². The van der Waals surface area contributed by atoms with Crippen LogP contribution in [0.15, 0.2) is 23.3 Å². The second-order valence-corrected chi connectivity index (χ2v) is 4.13. The van der Waals surface area contributed by atoms with Gasteiger partial charge in [0.2, 0.25) is 0 Å². The fraction of sp³-hybridized carbons (Fsp3) is 0.667. The molecule has 0 bridgehead atoms. The third-order valence-corrected chi connectivity index (χ3v) is 2.23. The van der Waals surface area contributed by atoms with Crippen LogP contribution < -0.4 is 0 Å². The predicted octanol–water partition coefficient (Wildman–Crippen LogP) is 4.09. The zero-order valence-electron chi connectivity index (χ0n) is 8.56. The van der Waals surface area contributed by atoms with Gasteiger partial charge in [0.1, 0.15) is 0 Å². The molecule has 0 fully saturated rings. The highest BCUT2D eigenvalue weighted by Crippen LogP contribution is 2.25. The van der Waals surface area contributed by atoms with E-state index in [-0.39, 0.29) is 0 Å². The molecular weight excluding hydrogens is 144 g/mol. The maximum Gasteiger partial charge on any atom is -0.0130 e. The van der Waals surface area contributed by atoms with E-state index in [1.807, 2.05) is 0 Å². The summed E-state index contributed by atoms with van der Waals surface area (Å²) in [7, 11) is 0. The lowest BCUT2D eigenvalue weighted by Gasteiger charge is -2.02. The van der Waals surface area contributed by atoms with Crippen molar-refractivity contribution in [1.29, 1.82) is 0 Å². The quantitative estimate of drug-likeness (QED) is 0.587. The minimum absolute atomic E-state index is 0.800. The molecule has 0 N–H and O–H groups in total. The molecule has 0 radical (unpaired) electrons. The summed E-state index contributed by atoms with van der Waals surface area (Å²) in [5.41, 5.74) is 3.20. The Balaban J connectivity index is 2.39. The Morgan fingerprint density at radius 3 is 2.75 bits per heavy atom. The second kappa shape index (κ2) is 4.49. The van der Waals surface area contributed by atoms with Crippen molar-refractivity contribution >= 4 is 0 Å². The van der Waals surface area contributed by atoms with E-state index in [0.29, 0.717) is 0 Å². The highest BCUT2D eigenvalue weighted by atomic mass is 14.1. The van der Waals surface area contributed by atoms with E-state index in [1.54, 1.807) is 11.1 Å². The minimum Gasteiger partial charge on any atom is -0.0772 e. The Hall–Kier alpha value is -0.520. The van der Waals surface area contributed by atoms with Crippen LogP contribution in [0.2, 0.25) is 0 Å². The zero-order chi connectivity index (χ0) is 8.97. The van der Waals surface area contributed by atoms with Crippen LogP contribution in [0.1, 0.15) is 46.5 Å². The van der Waals surface area contributed by atoms with Gasteiger partial charge in [-0.2, -0.15) is 0 Å². The molecule has 0 saturated heterocycles. The molecule has 0 aromatic carbocycles. The van der Waals surface area contributed by atoms with E-state index in [0.717, 1.165) is 5.92 Å². The van der Waals surface area contributed by atoms with Crippen molar-refractivity contribution in [2.75, 3.05) is 0 Å². The van der Waals surface area contributed by atoms with Gasteiger partial charge in [-0.1, -0.05) is 50.5 Å². The number of hydrogen-bond acceptors (Lipinski definition) is 0. The summed E-state index contributed by atoms with van der Waals surface area (Å²) >= 11 is 0. The van der Waals surface area contributed by atoms with Gasteiger partial charge in [-0.25, -0.2) is 0 Å². The fourth-order valence-electron chi connectivity index (χ4n) is 1.75. The van der Waals surface area contributed by atoms with Crippen molar-refractivity contribution in [3.8, 4) is 0 Å². The molecule has 0 heterocycles. The molecule has 0 aromatic heterocycles. The summed E-state index contributed by atoms with van der Waals surface area (Å²) < 4.78 is 0. The van der Waals surface area contributed by atoms with Gasteiger partial charge >= 0.3 is 0 Å². The number of allylic oxidation sites excluding steroid dienone is 4. The molecule has 1 aliphatic carbocycles. The molecule has 0 unspecified atom stereocenters. The van der Waals surface area contributed by atoms with Gasteiger partial charge in [-0.15, -0.1) is 0 Å². The Morgan fingerprint density at radius 1 is 1.42 bits per heavy atom. The highest BCUT2D eigenvalue weighted by Gasteiger charge is 2.06. The Kier molecular flexibility index (Phi) is 3.58. The lowest BCUT2D eigenvalue weighted by atomic mass is 10.0. The molecule has 0 saturated carbocycles. The van der Waals surface area contributed by atoms with Crippen molar-refractivity contribution in [3.05, 3.63) is 23.3 Å². The first kappa shape index (κ1) is 9.57. The van der Waals surface area contributed by atoms with Gasteiger partial charge in [-0.3, -0.25) is 0 Å². The maximum atomic E-state index is 2.41. The van der Waals surface area contributed by atoms with Gasteiger partial charge in [0.15, 0.2) is 0 Å². The molecule has 0 aliphatic heterocycles. The molecule has 0 atom stereocenters. The first-order valence-electron chi connectivity index (χ1n) is 5.10. The smallest absolute Gasteiger partial charge is 0.0130 e. The summed E-state index contributed by atoms with van der Waals surface area (Å²) in [5, 5.41) is 0. The van der Waals surface area contributed by atoms with Crippen LogP contribution in [0, 0.1) is 5.92 Å². The average molecular weight is 164 g/mol. The number of rotatable bonds is 4. The molecule has 68 valence electrons. The molecule has 1 rings (SSSR count). The molecule has 0 heteroatoms. The normalized spacial score (nSPS) is 16.7. The standard InChI is InChI=1S/C12H20/c1-4-5-11-6-7-12(9-11)8-10(2)3/h7,9-10H,4-6,8H2,1-3H3. The van der Waals surface area contributed by atoms with Crippen molar-refractivity contribution in [1.82, 2.24) is 0 Å². The molecule has 1 aliphatic rings. The first-order chi connectivity index (χ1) is 5.72. The van der Waals surface area contributed by atoms with Crippen molar-refractivity contribution in [2.45, 2.75) is 46.5 Å². The molecule has 0 spiro atoms. The lowest BCUT2D eigenvalue weighted by molar-refractivity contribution is 0.650. The van der Waals surface area contributed by atoms with Crippen LogP contribution >= 0.6 is 0 Å². The van der Waals surface area contributed by atoms with Crippen LogP contribution in [0.3, 0.4) is 0 Å². The van der Waals surface area contributed by atoms with Crippen LogP contribution in [0.5, 0.6) is 0 Å². The van der Waals surface area contributed by atoms with Crippen molar-refractivity contribution in [3.63, 3.8) is 0 Å². The minimum atomic E-state index is 0.800. The Morgan fingerprint density at radius 2 is 2.17 bits per heavy atom. The topological polar surface area (TPSA) is 0 Å². The molecule has 12 heavy (non-hydrogen) atoms. The Labute approximate surface area is 76.4 Å². The van der Waals surface area contributed by atoms with Crippen LogP contribution in [-0.2, 0) is 0 Å². The summed E-state index contributed by atoms with van der Waals surface area (Å²) in [6.45, 7) is 6.82. The van der Waals surface area contributed by atoms with Gasteiger partial charge < -0.3 is 0 Å². The van der Waals surface area contributed by atoms with Gasteiger partial charge in [0.05, 0.1) is 0 Å². The van der Waals surface area contributed by atoms with Gasteiger partial charge in [-0.05, 0) is 25.2 Å². The molecule has 0 amide bonds. The van der Waals surface area contributed by atoms with E-state index in [2.05, 4.69) is 32.9 Å². The van der Waals surface area contributed by atoms with Crippen LogP contribution in [0.25, 0.3) is 0 Å². The monoisotopic (exact) mass is 164 g/mol. The molecule has 0 nitrogen and oxygen atoms in total. The summed E-state index contributed by atoms with van der Waals surface area (Å²) in [6, 6.07) is 0. The van der Waals surface area contributed by atoms with Gasteiger partial charge in [0, 0.05) is 0 Å². The summed E-state index contributed by atoms with van der Waals surface area (Å²) in [5.74, 6) is 0.800. The van der Waals surface area contributed by atoms with E-state index in [9.17, 15) is 0 Å². The molecular formula is C12H20. The zero-order valence-corrected chi connectivity index (χ0v) is 8.56.